The second-order valence-corrected chi connectivity index (χ2v) is 15.0. The summed E-state index contributed by atoms with van der Waals surface area (Å²) < 4.78 is 12.5. The second-order valence-electron chi connectivity index (χ2n) is 15.0. The first kappa shape index (κ1) is 34.1. The summed E-state index contributed by atoms with van der Waals surface area (Å²) in [5.41, 5.74) is 3.13. The van der Waals surface area contributed by atoms with Gasteiger partial charge in [-0.25, -0.2) is 0 Å². The van der Waals surface area contributed by atoms with Gasteiger partial charge in [0.15, 0.2) is 12.2 Å². The lowest BCUT2D eigenvalue weighted by Crippen LogP contribution is -2.48. The van der Waals surface area contributed by atoms with E-state index in [0.717, 1.165) is 22.4 Å². The zero-order valence-corrected chi connectivity index (χ0v) is 29.6. The Labute approximate surface area is 303 Å². The summed E-state index contributed by atoms with van der Waals surface area (Å²) in [6.07, 6.45) is -0.249. The predicted octanol–water partition coefficient (Wildman–Crippen LogP) is 5.24. The van der Waals surface area contributed by atoms with Crippen LogP contribution in [-0.4, -0.2) is 63.8 Å². The number of benzene rings is 4. The number of carbonyl (C=O) groups excluding carboxylic acids is 3. The molecule has 4 heterocycles. The molecule has 4 aromatic rings. The molecule has 1 spiro atoms. The van der Waals surface area contributed by atoms with Gasteiger partial charge in [-0.3, -0.25) is 19.3 Å². The summed E-state index contributed by atoms with van der Waals surface area (Å²) in [5.74, 6) is -0.988. The Bertz CT molecular complexity index is 2040. The Morgan fingerprint density at radius 1 is 0.904 bits per heavy atom. The van der Waals surface area contributed by atoms with Crippen LogP contribution in [0.2, 0.25) is 0 Å². The average molecular weight is 702 g/mol. The number of aliphatic hydroxyl groups is 2. The smallest absolute Gasteiger partial charge is 0.269 e. The first-order valence-electron chi connectivity index (χ1n) is 17.9. The molecule has 3 amide bonds. The minimum absolute atomic E-state index is 0.0420. The van der Waals surface area contributed by atoms with Gasteiger partial charge in [-0.15, -0.1) is 0 Å². The summed E-state index contributed by atoms with van der Waals surface area (Å²) >= 11 is 0. The molecule has 2 N–H and O–H groups in total. The lowest BCUT2D eigenvalue weighted by molar-refractivity contribution is -0.151. The van der Waals surface area contributed by atoms with Gasteiger partial charge >= 0.3 is 0 Å². The van der Waals surface area contributed by atoms with E-state index in [2.05, 4.69) is 0 Å². The summed E-state index contributed by atoms with van der Waals surface area (Å²) in [6, 6.07) is 30.1. The number of fused-ring (bicyclic) bond motifs is 4. The van der Waals surface area contributed by atoms with Gasteiger partial charge in [-0.1, -0.05) is 73.7 Å². The van der Waals surface area contributed by atoms with Gasteiger partial charge in [0, 0.05) is 29.6 Å². The zero-order valence-electron chi connectivity index (χ0n) is 29.6. The lowest BCUT2D eigenvalue weighted by atomic mass is 9.70. The Morgan fingerprint density at radius 3 is 2.31 bits per heavy atom. The lowest BCUT2D eigenvalue weighted by Gasteiger charge is -2.38. The summed E-state index contributed by atoms with van der Waals surface area (Å²) in [4.78, 5) is 47.0. The van der Waals surface area contributed by atoms with E-state index in [9.17, 15) is 24.6 Å². The van der Waals surface area contributed by atoms with Crippen molar-refractivity contribution in [2.45, 2.75) is 70.1 Å². The molecule has 4 aliphatic rings. The second kappa shape index (κ2) is 12.9. The number of rotatable bonds is 7. The molecule has 1 saturated heterocycles. The molecule has 0 bridgehead atoms. The first-order valence-corrected chi connectivity index (χ1v) is 17.9. The number of ether oxygens (including phenoxy) is 2. The SMILES string of the molecule is C[C@H]1[C@H](C(C)(C)O)[C@@H](CC(=O)N2Cc3ccccc3C[C@H]2CO)O[C@]12C(=O)N(Cc1ccc(N3C(=O)COc4ccccc43)cc1)c1ccccc12. The van der Waals surface area contributed by atoms with Crippen molar-refractivity contribution >= 4 is 34.8 Å². The van der Waals surface area contributed by atoms with Gasteiger partial charge in [0.2, 0.25) is 5.91 Å². The highest BCUT2D eigenvalue weighted by Gasteiger charge is 2.66. The van der Waals surface area contributed by atoms with Crippen LogP contribution in [0.3, 0.4) is 0 Å². The third-order valence-electron chi connectivity index (χ3n) is 11.4. The van der Waals surface area contributed by atoms with Gasteiger partial charge in [0.1, 0.15) is 5.75 Å². The third kappa shape index (κ3) is 5.48. The van der Waals surface area contributed by atoms with Crippen LogP contribution < -0.4 is 14.5 Å². The molecule has 5 atom stereocenters. The molecule has 0 aromatic heterocycles. The van der Waals surface area contributed by atoms with Crippen LogP contribution in [0.5, 0.6) is 5.75 Å². The molecule has 52 heavy (non-hydrogen) atoms. The molecular weight excluding hydrogens is 658 g/mol. The number of hydrogen-bond acceptors (Lipinski definition) is 7. The largest absolute Gasteiger partial charge is 0.482 e. The fourth-order valence-electron chi connectivity index (χ4n) is 9.04. The van der Waals surface area contributed by atoms with Crippen LogP contribution in [0.1, 0.15) is 49.4 Å². The van der Waals surface area contributed by atoms with Gasteiger partial charge in [-0.2, -0.15) is 0 Å². The molecule has 0 radical (unpaired) electrons. The van der Waals surface area contributed by atoms with E-state index < -0.39 is 29.1 Å². The van der Waals surface area contributed by atoms with Crippen LogP contribution in [0.15, 0.2) is 97.1 Å². The molecule has 0 unspecified atom stereocenters. The highest BCUT2D eigenvalue weighted by molar-refractivity contribution is 6.08. The average Bonchev–Trinajstić information content (AvgIpc) is 3.57. The fourth-order valence-corrected chi connectivity index (χ4v) is 9.04. The highest BCUT2D eigenvalue weighted by atomic mass is 16.5. The summed E-state index contributed by atoms with van der Waals surface area (Å²) in [6.45, 7) is 5.77. The van der Waals surface area contributed by atoms with E-state index in [4.69, 9.17) is 9.47 Å². The van der Waals surface area contributed by atoms with Crippen molar-refractivity contribution in [3.05, 3.63) is 119 Å². The number of anilines is 3. The van der Waals surface area contributed by atoms with Gasteiger partial charge in [-0.05, 0) is 67.3 Å². The van der Waals surface area contributed by atoms with E-state index in [1.54, 1.807) is 28.5 Å². The number of amides is 3. The standard InChI is InChI=1S/C42H43N3O7/c1-26-39(41(2,3)50)36(21-37(47)43-23-29-11-5-4-10-28(29)20-31(43)24-46)52-42(26)32-12-6-7-13-33(32)44(40(42)49)22-27-16-18-30(19-17-27)45-34-14-8-9-15-35(34)51-25-38(45)48/h4-19,26,31,36,39,46,50H,20-25H2,1-3H3/t26-,31-,36+,39-,42+/m0/s1. The van der Waals surface area contributed by atoms with Gasteiger partial charge < -0.3 is 29.5 Å². The topological polar surface area (TPSA) is 120 Å². The first-order chi connectivity index (χ1) is 25.0. The minimum Gasteiger partial charge on any atom is -0.482 e. The van der Waals surface area contributed by atoms with Crippen LogP contribution in [0.25, 0.3) is 0 Å². The van der Waals surface area contributed by atoms with Crippen molar-refractivity contribution in [3.8, 4) is 5.75 Å². The molecule has 10 nitrogen and oxygen atoms in total. The molecule has 0 aliphatic carbocycles. The third-order valence-corrected chi connectivity index (χ3v) is 11.4. The summed E-state index contributed by atoms with van der Waals surface area (Å²) in [7, 11) is 0. The predicted molar refractivity (Wildman–Crippen MR) is 195 cm³/mol. The molecule has 268 valence electrons. The van der Waals surface area contributed by atoms with Crippen molar-refractivity contribution in [1.82, 2.24) is 4.90 Å². The van der Waals surface area contributed by atoms with Crippen molar-refractivity contribution in [2.75, 3.05) is 23.0 Å². The number of hydrogen-bond donors (Lipinski definition) is 2. The quantitative estimate of drug-likeness (QED) is 0.271. The van der Waals surface area contributed by atoms with E-state index in [-0.39, 0.29) is 49.9 Å². The molecule has 8 rings (SSSR count). The van der Waals surface area contributed by atoms with Crippen LogP contribution in [0.4, 0.5) is 17.1 Å². The van der Waals surface area contributed by atoms with Gasteiger partial charge in [0.05, 0.1) is 48.7 Å². The van der Waals surface area contributed by atoms with Crippen LogP contribution >= 0.6 is 0 Å². The highest BCUT2D eigenvalue weighted by Crippen LogP contribution is 2.58. The van der Waals surface area contributed by atoms with Crippen molar-refractivity contribution in [2.24, 2.45) is 11.8 Å². The summed E-state index contributed by atoms with van der Waals surface area (Å²) in [5, 5.41) is 21.9. The zero-order chi connectivity index (χ0) is 36.4. The van der Waals surface area contributed by atoms with E-state index in [1.807, 2.05) is 104 Å². The molecule has 10 heteroatoms. The van der Waals surface area contributed by atoms with Crippen LogP contribution in [-0.2, 0) is 44.2 Å². The van der Waals surface area contributed by atoms with E-state index in [0.29, 0.717) is 35.7 Å². The molecule has 4 aromatic carbocycles. The van der Waals surface area contributed by atoms with Crippen LogP contribution in [0, 0.1) is 11.8 Å². The maximum Gasteiger partial charge on any atom is 0.269 e. The molecule has 1 fully saturated rings. The normalized spacial score (nSPS) is 25.2. The van der Waals surface area contributed by atoms with Gasteiger partial charge in [0.25, 0.3) is 11.8 Å². The maximum atomic E-state index is 14.9. The van der Waals surface area contributed by atoms with E-state index in [1.165, 1.54) is 0 Å². The maximum absolute atomic E-state index is 14.9. The number of carbonyl (C=O) groups is 3. The Kier molecular flexibility index (Phi) is 8.44. The van der Waals surface area contributed by atoms with Crippen molar-refractivity contribution < 1.29 is 34.1 Å². The molecule has 4 aliphatic heterocycles. The monoisotopic (exact) mass is 701 g/mol. The molecule has 0 saturated carbocycles. The van der Waals surface area contributed by atoms with Crippen molar-refractivity contribution in [1.29, 1.82) is 0 Å². The van der Waals surface area contributed by atoms with E-state index >= 15 is 0 Å². The fraction of sp³-hybridized carbons (Fsp3) is 0.357. The number of aliphatic hydroxyl groups excluding tert-OH is 1. The number of para-hydroxylation sites is 3. The minimum atomic E-state index is -1.42. The Balaban J connectivity index is 1.08. The Hall–Kier alpha value is -5.03. The molecular formula is C42H43N3O7. The van der Waals surface area contributed by atoms with Crippen molar-refractivity contribution in [3.63, 3.8) is 0 Å². The number of nitrogens with zero attached hydrogens (tertiary/aromatic N) is 3. The Morgan fingerprint density at radius 2 is 1.58 bits per heavy atom.